The lowest BCUT2D eigenvalue weighted by molar-refractivity contribution is -0.117. The number of benzene rings is 2. The zero-order valence-electron chi connectivity index (χ0n) is 9.71. The van der Waals surface area contributed by atoms with Gasteiger partial charge in [0, 0.05) is 11.2 Å². The van der Waals surface area contributed by atoms with Crippen LogP contribution in [0.5, 0.6) is 0 Å². The van der Waals surface area contributed by atoms with Crippen molar-refractivity contribution in [3.8, 4) is 0 Å². The Kier molecular flexibility index (Phi) is 4.26. The highest BCUT2D eigenvalue weighted by Gasteiger charge is 1.99. The molecule has 2 aromatic carbocycles. The number of nitrogens with zero attached hydrogens (tertiary/aromatic N) is 1. The second-order valence-corrected chi connectivity index (χ2v) is 4.30. The fraction of sp³-hybridized carbons (Fsp3) is 0.0667. The third kappa shape index (κ3) is 3.82. The average Bonchev–Trinajstić information content (AvgIpc) is 2.39. The Morgan fingerprint density at radius 1 is 1.06 bits per heavy atom. The third-order valence-corrected chi connectivity index (χ3v) is 2.68. The standard InChI is InChI=1S/C15H12ClNO/c16-14-8-6-13(7-9-14)11-17-15(18)10-12-4-2-1-3-5-12/h1-9,11H,10H2. The van der Waals surface area contributed by atoms with Crippen molar-refractivity contribution in [3.63, 3.8) is 0 Å². The molecule has 3 heteroatoms. The summed E-state index contributed by atoms with van der Waals surface area (Å²) in [5.41, 5.74) is 1.83. The van der Waals surface area contributed by atoms with Crippen molar-refractivity contribution in [2.24, 2.45) is 4.99 Å². The molecule has 0 heterocycles. The Labute approximate surface area is 111 Å². The molecule has 0 radical (unpaired) electrons. The van der Waals surface area contributed by atoms with Crippen LogP contribution in [0.2, 0.25) is 5.02 Å². The van der Waals surface area contributed by atoms with E-state index in [2.05, 4.69) is 4.99 Å². The Hall–Kier alpha value is -1.93. The summed E-state index contributed by atoms with van der Waals surface area (Å²) in [4.78, 5) is 15.5. The van der Waals surface area contributed by atoms with E-state index in [-0.39, 0.29) is 5.91 Å². The van der Waals surface area contributed by atoms with Crippen molar-refractivity contribution in [1.29, 1.82) is 0 Å². The number of hydrogen-bond donors (Lipinski definition) is 0. The maximum absolute atomic E-state index is 11.6. The van der Waals surface area contributed by atoms with E-state index >= 15 is 0 Å². The van der Waals surface area contributed by atoms with Gasteiger partial charge in [0.1, 0.15) is 0 Å². The molecule has 0 saturated carbocycles. The molecular weight excluding hydrogens is 246 g/mol. The van der Waals surface area contributed by atoms with Gasteiger partial charge in [-0.2, -0.15) is 0 Å². The molecule has 0 unspecified atom stereocenters. The van der Waals surface area contributed by atoms with Gasteiger partial charge in [-0.05, 0) is 23.3 Å². The van der Waals surface area contributed by atoms with E-state index in [9.17, 15) is 4.79 Å². The topological polar surface area (TPSA) is 29.4 Å². The van der Waals surface area contributed by atoms with Crippen LogP contribution in [0.4, 0.5) is 0 Å². The van der Waals surface area contributed by atoms with Gasteiger partial charge in [-0.3, -0.25) is 4.79 Å². The van der Waals surface area contributed by atoms with Crippen molar-refractivity contribution >= 4 is 23.7 Å². The molecule has 0 aromatic heterocycles. The Balaban J connectivity index is 1.97. The number of amides is 1. The fourth-order valence-corrected chi connectivity index (χ4v) is 1.64. The van der Waals surface area contributed by atoms with E-state index in [0.717, 1.165) is 11.1 Å². The molecular formula is C15H12ClNO. The predicted octanol–water partition coefficient (Wildman–Crippen LogP) is 3.53. The van der Waals surface area contributed by atoms with E-state index in [4.69, 9.17) is 11.6 Å². The molecule has 0 aliphatic rings. The molecule has 0 bridgehead atoms. The Morgan fingerprint density at radius 3 is 2.39 bits per heavy atom. The van der Waals surface area contributed by atoms with Crippen LogP contribution in [0.1, 0.15) is 11.1 Å². The summed E-state index contributed by atoms with van der Waals surface area (Å²) in [6.07, 6.45) is 1.88. The summed E-state index contributed by atoms with van der Waals surface area (Å²) < 4.78 is 0. The maximum Gasteiger partial charge on any atom is 0.250 e. The summed E-state index contributed by atoms with van der Waals surface area (Å²) in [6.45, 7) is 0. The first-order valence-electron chi connectivity index (χ1n) is 5.60. The van der Waals surface area contributed by atoms with E-state index in [1.54, 1.807) is 18.3 Å². The molecule has 18 heavy (non-hydrogen) atoms. The highest BCUT2D eigenvalue weighted by Crippen LogP contribution is 2.08. The maximum atomic E-state index is 11.6. The van der Waals surface area contributed by atoms with Crippen molar-refractivity contribution in [3.05, 3.63) is 70.7 Å². The second-order valence-electron chi connectivity index (χ2n) is 3.87. The van der Waals surface area contributed by atoms with Gasteiger partial charge in [0.2, 0.25) is 5.91 Å². The quantitative estimate of drug-likeness (QED) is 0.774. The third-order valence-electron chi connectivity index (χ3n) is 2.43. The number of halogens is 1. The van der Waals surface area contributed by atoms with E-state index < -0.39 is 0 Å². The monoisotopic (exact) mass is 257 g/mol. The lowest BCUT2D eigenvalue weighted by Crippen LogP contribution is -1.99. The van der Waals surface area contributed by atoms with Gasteiger partial charge in [0.25, 0.3) is 0 Å². The van der Waals surface area contributed by atoms with Crippen LogP contribution in [0.3, 0.4) is 0 Å². The van der Waals surface area contributed by atoms with Gasteiger partial charge in [-0.15, -0.1) is 0 Å². The SMILES string of the molecule is O=C(Cc1ccccc1)N=Cc1ccc(Cl)cc1. The minimum absolute atomic E-state index is 0.156. The van der Waals surface area contributed by atoms with Gasteiger partial charge in [0.05, 0.1) is 6.42 Å². The number of aliphatic imine (C=N–C) groups is 1. The van der Waals surface area contributed by atoms with Gasteiger partial charge >= 0.3 is 0 Å². The molecule has 2 aromatic rings. The van der Waals surface area contributed by atoms with E-state index in [1.165, 1.54) is 0 Å². The fourth-order valence-electron chi connectivity index (χ4n) is 1.51. The first kappa shape index (κ1) is 12.5. The summed E-state index contributed by atoms with van der Waals surface area (Å²) in [5, 5.41) is 0.669. The van der Waals surface area contributed by atoms with Crippen molar-refractivity contribution < 1.29 is 4.79 Å². The van der Waals surface area contributed by atoms with Crippen LogP contribution in [0, 0.1) is 0 Å². The van der Waals surface area contributed by atoms with Crippen LogP contribution in [0.25, 0.3) is 0 Å². The molecule has 0 fully saturated rings. The minimum Gasteiger partial charge on any atom is -0.272 e. The molecule has 0 aliphatic heterocycles. The molecule has 0 atom stereocenters. The highest BCUT2D eigenvalue weighted by atomic mass is 35.5. The van der Waals surface area contributed by atoms with Gasteiger partial charge in [0.15, 0.2) is 0 Å². The van der Waals surface area contributed by atoms with E-state index in [0.29, 0.717) is 11.4 Å². The zero-order valence-corrected chi connectivity index (χ0v) is 10.5. The number of carbonyl (C=O) groups is 1. The molecule has 0 spiro atoms. The Bertz CT molecular complexity index is 546. The van der Waals surface area contributed by atoms with Crippen molar-refractivity contribution in [2.45, 2.75) is 6.42 Å². The second kappa shape index (κ2) is 6.12. The molecule has 1 amide bonds. The lowest BCUT2D eigenvalue weighted by Gasteiger charge is -1.96. The lowest BCUT2D eigenvalue weighted by atomic mass is 10.1. The average molecular weight is 258 g/mol. The number of rotatable bonds is 3. The van der Waals surface area contributed by atoms with Crippen LogP contribution in [0.15, 0.2) is 59.6 Å². The van der Waals surface area contributed by atoms with E-state index in [1.807, 2.05) is 42.5 Å². The summed E-state index contributed by atoms with van der Waals surface area (Å²) in [7, 11) is 0. The molecule has 0 saturated heterocycles. The molecule has 2 rings (SSSR count). The van der Waals surface area contributed by atoms with Crippen LogP contribution < -0.4 is 0 Å². The van der Waals surface area contributed by atoms with Gasteiger partial charge in [-0.1, -0.05) is 54.1 Å². The van der Waals surface area contributed by atoms with Crippen LogP contribution in [-0.4, -0.2) is 12.1 Å². The molecule has 0 N–H and O–H groups in total. The molecule has 2 nitrogen and oxygen atoms in total. The number of carbonyl (C=O) groups excluding carboxylic acids is 1. The highest BCUT2D eigenvalue weighted by molar-refractivity contribution is 6.30. The Morgan fingerprint density at radius 2 is 1.72 bits per heavy atom. The molecule has 90 valence electrons. The van der Waals surface area contributed by atoms with Crippen LogP contribution >= 0.6 is 11.6 Å². The summed E-state index contributed by atoms with van der Waals surface area (Å²) >= 11 is 5.77. The van der Waals surface area contributed by atoms with Crippen LogP contribution in [-0.2, 0) is 11.2 Å². The van der Waals surface area contributed by atoms with Gasteiger partial charge in [-0.25, -0.2) is 4.99 Å². The van der Waals surface area contributed by atoms with Gasteiger partial charge < -0.3 is 0 Å². The normalized spacial score (nSPS) is 10.7. The van der Waals surface area contributed by atoms with Crippen molar-refractivity contribution in [1.82, 2.24) is 0 Å². The smallest absolute Gasteiger partial charge is 0.250 e. The predicted molar refractivity (Wildman–Crippen MR) is 74.2 cm³/mol. The molecule has 0 aliphatic carbocycles. The summed E-state index contributed by atoms with van der Waals surface area (Å²) in [6, 6.07) is 16.7. The first-order valence-corrected chi connectivity index (χ1v) is 5.98. The largest absolute Gasteiger partial charge is 0.272 e. The number of hydrogen-bond acceptors (Lipinski definition) is 1. The first-order chi connectivity index (χ1) is 8.74. The summed E-state index contributed by atoms with van der Waals surface area (Å²) in [5.74, 6) is -0.156. The minimum atomic E-state index is -0.156. The zero-order chi connectivity index (χ0) is 12.8. The van der Waals surface area contributed by atoms with Crippen molar-refractivity contribution in [2.75, 3.05) is 0 Å².